The van der Waals surface area contributed by atoms with Crippen LogP contribution in [0.4, 0.5) is 0 Å². The summed E-state index contributed by atoms with van der Waals surface area (Å²) in [6.07, 6.45) is 1.68. The van der Waals surface area contributed by atoms with Crippen molar-refractivity contribution >= 4 is 26.5 Å². The molecule has 2 atom stereocenters. The molecule has 2 aromatic rings. The van der Waals surface area contributed by atoms with Gasteiger partial charge in [0.1, 0.15) is 24.2 Å². The quantitative estimate of drug-likeness (QED) is 0.571. The van der Waals surface area contributed by atoms with Crippen molar-refractivity contribution in [2.24, 2.45) is 0 Å². The van der Waals surface area contributed by atoms with Crippen LogP contribution in [-0.4, -0.2) is 23.0 Å². The van der Waals surface area contributed by atoms with Crippen molar-refractivity contribution in [2.45, 2.75) is 51.9 Å². The van der Waals surface area contributed by atoms with Crippen LogP contribution in [-0.2, 0) is 0 Å². The van der Waals surface area contributed by atoms with Crippen molar-refractivity contribution < 1.29 is 9.47 Å². The highest BCUT2D eigenvalue weighted by atomic mass is 31.1. The summed E-state index contributed by atoms with van der Waals surface area (Å²) < 4.78 is 12.2. The highest BCUT2D eigenvalue weighted by molar-refractivity contribution is 7.68. The molecule has 0 saturated heterocycles. The summed E-state index contributed by atoms with van der Waals surface area (Å²) in [6, 6.07) is 13.1. The highest BCUT2D eigenvalue weighted by Crippen LogP contribution is 2.58. The Kier molecular flexibility index (Phi) is 4.37. The first-order valence-electron chi connectivity index (χ1n) is 9.25. The highest BCUT2D eigenvalue weighted by Gasteiger charge is 2.39. The molecule has 26 heavy (non-hydrogen) atoms. The van der Waals surface area contributed by atoms with Gasteiger partial charge in [-0.15, -0.1) is 0 Å². The maximum atomic E-state index is 6.12. The average molecular weight is 386 g/mol. The van der Waals surface area contributed by atoms with E-state index in [1.54, 1.807) is 0 Å². The molecule has 2 aromatic carbocycles. The van der Waals surface area contributed by atoms with E-state index in [-0.39, 0.29) is 26.2 Å². The summed E-state index contributed by atoms with van der Waals surface area (Å²) in [7, 11) is -0.702. The molecule has 2 heterocycles. The normalized spacial score (nSPS) is 21.8. The van der Waals surface area contributed by atoms with E-state index in [4.69, 9.17) is 9.47 Å². The number of fused-ring (bicyclic) bond motifs is 2. The fourth-order valence-electron chi connectivity index (χ4n) is 3.72. The lowest BCUT2D eigenvalue weighted by atomic mass is 10.0. The summed E-state index contributed by atoms with van der Waals surface area (Å²) >= 11 is 0. The van der Waals surface area contributed by atoms with Gasteiger partial charge in [-0.05, 0) is 49.4 Å². The molecule has 0 fully saturated rings. The standard InChI is InChI=1S/C22H28O2P2/c1-21(2,3)25-13-23-17-11-7-9-15(19(17)25)16-10-8-12-18-20(16)26(14-24-18)22(4,5)6/h7-12H,13-14H2,1-6H3/t25-,26-/m1/s1. The summed E-state index contributed by atoms with van der Waals surface area (Å²) in [5, 5.41) is 3.36. The molecular formula is C22H28O2P2. The Hall–Kier alpha value is -1.10. The fourth-order valence-corrected chi connectivity index (χ4v) is 8.42. The molecule has 0 aromatic heterocycles. The Morgan fingerprint density at radius 1 is 0.654 bits per heavy atom. The number of benzene rings is 2. The van der Waals surface area contributed by atoms with Gasteiger partial charge in [-0.3, -0.25) is 0 Å². The predicted molar refractivity (Wildman–Crippen MR) is 115 cm³/mol. The number of hydrogen-bond acceptors (Lipinski definition) is 2. The molecule has 4 rings (SSSR count). The maximum Gasteiger partial charge on any atom is 0.128 e. The van der Waals surface area contributed by atoms with Crippen molar-refractivity contribution in [3.05, 3.63) is 36.4 Å². The maximum absolute atomic E-state index is 6.12. The number of ether oxygens (including phenoxy) is 2. The van der Waals surface area contributed by atoms with E-state index >= 15 is 0 Å². The monoisotopic (exact) mass is 386 g/mol. The third-order valence-electron chi connectivity index (χ3n) is 5.15. The molecule has 4 heteroatoms. The van der Waals surface area contributed by atoms with Crippen LogP contribution in [0, 0.1) is 0 Å². The summed E-state index contributed by atoms with van der Waals surface area (Å²) in [4.78, 5) is 0. The van der Waals surface area contributed by atoms with Gasteiger partial charge in [0.2, 0.25) is 0 Å². The van der Waals surface area contributed by atoms with Crippen molar-refractivity contribution in [1.29, 1.82) is 0 Å². The lowest BCUT2D eigenvalue weighted by molar-refractivity contribution is 0.399. The Bertz CT molecular complexity index is 775. The minimum Gasteiger partial charge on any atom is -0.488 e. The van der Waals surface area contributed by atoms with Gasteiger partial charge < -0.3 is 9.47 Å². The van der Waals surface area contributed by atoms with Crippen molar-refractivity contribution in [3.63, 3.8) is 0 Å². The first-order chi connectivity index (χ1) is 12.2. The van der Waals surface area contributed by atoms with Gasteiger partial charge in [0.05, 0.1) is 0 Å². The molecule has 2 aliphatic rings. The lowest BCUT2D eigenvalue weighted by Crippen LogP contribution is -2.22. The Morgan fingerprint density at radius 2 is 1.04 bits per heavy atom. The van der Waals surface area contributed by atoms with E-state index in [1.807, 2.05) is 0 Å². The first kappa shape index (κ1) is 18.3. The first-order valence-corrected chi connectivity index (χ1v) is 12.3. The Labute approximate surface area is 159 Å². The van der Waals surface area contributed by atoms with Crippen LogP contribution in [0.3, 0.4) is 0 Å². The minimum absolute atomic E-state index is 0.236. The van der Waals surface area contributed by atoms with E-state index in [1.165, 1.54) is 21.7 Å². The topological polar surface area (TPSA) is 18.5 Å². The smallest absolute Gasteiger partial charge is 0.128 e. The zero-order valence-electron chi connectivity index (χ0n) is 16.6. The van der Waals surface area contributed by atoms with Gasteiger partial charge in [0, 0.05) is 10.6 Å². The molecule has 2 nitrogen and oxygen atoms in total. The van der Waals surface area contributed by atoms with Crippen molar-refractivity contribution in [3.8, 4) is 22.6 Å². The van der Waals surface area contributed by atoms with Crippen molar-refractivity contribution in [2.75, 3.05) is 12.7 Å². The fraction of sp³-hybridized carbons (Fsp3) is 0.455. The molecule has 0 radical (unpaired) electrons. The van der Waals surface area contributed by atoms with Crippen LogP contribution >= 0.6 is 15.8 Å². The van der Waals surface area contributed by atoms with Crippen LogP contribution in [0.25, 0.3) is 11.1 Å². The van der Waals surface area contributed by atoms with E-state index < -0.39 is 0 Å². The SMILES string of the molecule is CC(C)(C)[P@]1COc2cccc(-c3cccc4c3[P@](C(C)(C)C)CO4)c21. The second-order valence-electron chi connectivity index (χ2n) is 9.05. The van der Waals surface area contributed by atoms with Crippen LogP contribution in [0.2, 0.25) is 0 Å². The number of hydrogen-bond donors (Lipinski definition) is 0. The van der Waals surface area contributed by atoms with Crippen LogP contribution in [0.15, 0.2) is 36.4 Å². The van der Waals surface area contributed by atoms with Crippen molar-refractivity contribution in [1.82, 2.24) is 0 Å². The molecule has 0 bridgehead atoms. The van der Waals surface area contributed by atoms with Gasteiger partial charge in [-0.25, -0.2) is 0 Å². The van der Waals surface area contributed by atoms with E-state index in [0.29, 0.717) is 0 Å². The Balaban J connectivity index is 1.93. The van der Waals surface area contributed by atoms with E-state index in [0.717, 1.165) is 24.2 Å². The molecule has 2 aliphatic heterocycles. The molecule has 0 N–H and O–H groups in total. The predicted octanol–water partition coefficient (Wildman–Crippen LogP) is 5.86. The molecule has 0 unspecified atom stereocenters. The van der Waals surface area contributed by atoms with Gasteiger partial charge in [0.25, 0.3) is 0 Å². The molecule has 0 aliphatic carbocycles. The molecular weight excluding hydrogens is 358 g/mol. The lowest BCUT2D eigenvalue weighted by Gasteiger charge is -2.30. The molecule has 138 valence electrons. The van der Waals surface area contributed by atoms with Gasteiger partial charge in [0.15, 0.2) is 0 Å². The van der Waals surface area contributed by atoms with Crippen LogP contribution < -0.4 is 20.1 Å². The molecule has 0 saturated carbocycles. The van der Waals surface area contributed by atoms with E-state index in [2.05, 4.69) is 77.9 Å². The average Bonchev–Trinajstić information content (AvgIpc) is 3.17. The number of rotatable bonds is 1. The van der Waals surface area contributed by atoms with Crippen LogP contribution in [0.1, 0.15) is 41.5 Å². The van der Waals surface area contributed by atoms with Crippen LogP contribution in [0.5, 0.6) is 11.5 Å². The van der Waals surface area contributed by atoms with Gasteiger partial charge >= 0.3 is 0 Å². The van der Waals surface area contributed by atoms with Gasteiger partial charge in [-0.1, -0.05) is 65.8 Å². The third-order valence-corrected chi connectivity index (χ3v) is 11.2. The zero-order chi connectivity index (χ0) is 18.7. The molecule has 0 spiro atoms. The Morgan fingerprint density at radius 3 is 1.38 bits per heavy atom. The summed E-state index contributed by atoms with van der Waals surface area (Å²) in [5.74, 6) is 2.17. The summed E-state index contributed by atoms with van der Waals surface area (Å²) in [5.41, 5.74) is 2.72. The largest absolute Gasteiger partial charge is 0.488 e. The van der Waals surface area contributed by atoms with Gasteiger partial charge in [-0.2, -0.15) is 0 Å². The zero-order valence-corrected chi connectivity index (χ0v) is 18.4. The summed E-state index contributed by atoms with van der Waals surface area (Å²) in [6.45, 7) is 14.1. The molecule has 0 amide bonds. The third kappa shape index (κ3) is 2.96. The minimum atomic E-state index is -0.351. The second-order valence-corrected chi connectivity index (χ2v) is 14.9. The second kappa shape index (κ2) is 6.22. The van der Waals surface area contributed by atoms with E-state index in [9.17, 15) is 0 Å².